The molecule has 1 fully saturated rings. The van der Waals surface area contributed by atoms with Crippen molar-refractivity contribution < 1.29 is 0 Å². The van der Waals surface area contributed by atoms with Gasteiger partial charge in [0, 0.05) is 18.1 Å². The van der Waals surface area contributed by atoms with E-state index in [1.54, 1.807) is 11.1 Å². The van der Waals surface area contributed by atoms with Crippen LogP contribution in [0.3, 0.4) is 0 Å². The van der Waals surface area contributed by atoms with Gasteiger partial charge in [0.15, 0.2) is 0 Å². The molecule has 1 nitrogen and oxygen atoms in total. The Morgan fingerprint density at radius 1 is 1.09 bits per heavy atom. The van der Waals surface area contributed by atoms with Crippen LogP contribution in [0, 0.1) is 17.8 Å². The van der Waals surface area contributed by atoms with Gasteiger partial charge in [-0.15, -0.1) is 0 Å². The van der Waals surface area contributed by atoms with Gasteiger partial charge in [-0.1, -0.05) is 80.2 Å². The zero-order chi connectivity index (χ0) is 22.3. The summed E-state index contributed by atoms with van der Waals surface area (Å²) in [5.74, 6) is 2.19. The van der Waals surface area contributed by atoms with Crippen molar-refractivity contribution in [1.29, 1.82) is 0 Å². The highest BCUT2D eigenvalue weighted by atomic mass is 14.8. The molecule has 4 aliphatic rings. The lowest BCUT2D eigenvalue weighted by Gasteiger charge is -2.28. The molecule has 1 aliphatic heterocycles. The third kappa shape index (κ3) is 5.61. The standard InChI is InChI=1S/C31H41N/c1-4-25-17-19-26(20-18-25)23(2)11-7-5-6-8-12-24(3)30-21-22-31(32-30)29-16-10-14-27-13-9-15-28(27)29/h5-7,9,11,15,21,25-26,29H,2-4,8,10,12-14,16-20,22H2,1H3/b6-5-,11-7-. The number of hydrogen-bond acceptors (Lipinski definition) is 1. The predicted octanol–water partition coefficient (Wildman–Crippen LogP) is 8.99. The molecule has 0 amide bonds. The normalized spacial score (nSPS) is 27.8. The molecule has 0 spiro atoms. The Hall–Kier alpha value is -2.15. The summed E-state index contributed by atoms with van der Waals surface area (Å²) in [4.78, 5) is 5.03. The maximum absolute atomic E-state index is 5.03. The molecular formula is C31H41N. The van der Waals surface area contributed by atoms with Crippen LogP contribution in [0.4, 0.5) is 0 Å². The van der Waals surface area contributed by atoms with E-state index < -0.39 is 0 Å². The first-order chi connectivity index (χ1) is 15.7. The van der Waals surface area contributed by atoms with Gasteiger partial charge in [-0.05, 0) is 87.2 Å². The minimum absolute atomic E-state index is 0.550. The minimum Gasteiger partial charge on any atom is -0.257 e. The predicted molar refractivity (Wildman–Crippen MR) is 140 cm³/mol. The third-order valence-electron chi connectivity index (χ3n) is 8.07. The summed E-state index contributed by atoms with van der Waals surface area (Å²) in [6.45, 7) is 11.0. The van der Waals surface area contributed by atoms with Gasteiger partial charge in [-0.3, -0.25) is 4.99 Å². The molecule has 0 aromatic rings. The Bertz CT molecular complexity index is 893. The Kier molecular flexibility index (Phi) is 8.00. The molecule has 4 rings (SSSR count). The minimum atomic E-state index is 0.550. The zero-order valence-electron chi connectivity index (χ0n) is 20.1. The Morgan fingerprint density at radius 2 is 1.94 bits per heavy atom. The molecule has 1 saturated carbocycles. The molecule has 0 N–H and O–H groups in total. The van der Waals surface area contributed by atoms with E-state index >= 15 is 0 Å². The maximum atomic E-state index is 5.03. The molecular weight excluding hydrogens is 386 g/mol. The first-order valence-corrected chi connectivity index (χ1v) is 13.0. The van der Waals surface area contributed by atoms with Crippen molar-refractivity contribution in [2.45, 2.75) is 84.0 Å². The molecule has 0 radical (unpaired) electrons. The molecule has 0 aromatic carbocycles. The average molecular weight is 428 g/mol. The maximum Gasteiger partial charge on any atom is 0.0619 e. The highest BCUT2D eigenvalue weighted by Crippen LogP contribution is 2.40. The fraction of sp³-hybridized carbons (Fsp3) is 0.516. The number of rotatable bonds is 9. The SMILES string of the molecule is C=C(CC/C=C\C=C/C(=C)C1CCC(CC)CC1)C1=CCC(C2CCCC3=C2C=CC3)=N1. The van der Waals surface area contributed by atoms with Crippen LogP contribution >= 0.6 is 0 Å². The summed E-state index contributed by atoms with van der Waals surface area (Å²) in [6, 6.07) is 0. The van der Waals surface area contributed by atoms with Gasteiger partial charge >= 0.3 is 0 Å². The first-order valence-electron chi connectivity index (χ1n) is 13.0. The molecule has 0 aromatic heterocycles. The van der Waals surface area contributed by atoms with Crippen LogP contribution < -0.4 is 0 Å². The molecule has 0 bridgehead atoms. The van der Waals surface area contributed by atoms with E-state index in [4.69, 9.17) is 4.99 Å². The number of hydrogen-bond donors (Lipinski definition) is 0. The molecule has 1 heterocycles. The van der Waals surface area contributed by atoms with Gasteiger partial charge in [-0.2, -0.15) is 0 Å². The smallest absolute Gasteiger partial charge is 0.0619 e. The van der Waals surface area contributed by atoms with Crippen molar-refractivity contribution in [3.63, 3.8) is 0 Å². The number of allylic oxidation sites excluding steroid dienone is 11. The van der Waals surface area contributed by atoms with Crippen molar-refractivity contribution in [3.8, 4) is 0 Å². The molecule has 1 atom stereocenters. The van der Waals surface area contributed by atoms with Crippen LogP contribution in [0.5, 0.6) is 0 Å². The van der Waals surface area contributed by atoms with E-state index in [1.165, 1.54) is 74.6 Å². The van der Waals surface area contributed by atoms with Gasteiger partial charge in [-0.25, -0.2) is 0 Å². The van der Waals surface area contributed by atoms with Crippen LogP contribution in [0.25, 0.3) is 0 Å². The van der Waals surface area contributed by atoms with Gasteiger partial charge in [0.1, 0.15) is 0 Å². The first kappa shape index (κ1) is 23.0. The monoisotopic (exact) mass is 427 g/mol. The molecule has 32 heavy (non-hydrogen) atoms. The van der Waals surface area contributed by atoms with Gasteiger partial charge < -0.3 is 0 Å². The summed E-state index contributed by atoms with van der Waals surface area (Å²) in [5, 5.41) is 0. The molecule has 3 aliphatic carbocycles. The van der Waals surface area contributed by atoms with Crippen molar-refractivity contribution >= 4 is 5.71 Å². The van der Waals surface area contributed by atoms with Gasteiger partial charge in [0.25, 0.3) is 0 Å². The fourth-order valence-corrected chi connectivity index (χ4v) is 5.90. The molecule has 0 saturated heterocycles. The Balaban J connectivity index is 1.19. The van der Waals surface area contributed by atoms with E-state index in [0.29, 0.717) is 11.8 Å². The Morgan fingerprint density at radius 3 is 2.75 bits per heavy atom. The van der Waals surface area contributed by atoms with Crippen molar-refractivity contribution in [1.82, 2.24) is 0 Å². The van der Waals surface area contributed by atoms with E-state index in [2.05, 4.69) is 62.6 Å². The summed E-state index contributed by atoms with van der Waals surface area (Å²) >= 11 is 0. The average Bonchev–Trinajstić information content (AvgIpc) is 3.51. The zero-order valence-corrected chi connectivity index (χ0v) is 20.1. The largest absolute Gasteiger partial charge is 0.257 e. The van der Waals surface area contributed by atoms with E-state index in [-0.39, 0.29) is 0 Å². The summed E-state index contributed by atoms with van der Waals surface area (Å²) in [7, 11) is 0. The highest BCUT2D eigenvalue weighted by Gasteiger charge is 2.28. The highest BCUT2D eigenvalue weighted by molar-refractivity contribution is 5.94. The number of nitrogens with zero attached hydrogens (tertiary/aromatic N) is 1. The fourth-order valence-electron chi connectivity index (χ4n) is 5.90. The summed E-state index contributed by atoms with van der Waals surface area (Å²) in [5.41, 5.74) is 8.22. The summed E-state index contributed by atoms with van der Waals surface area (Å²) in [6.07, 6.45) is 30.6. The van der Waals surface area contributed by atoms with Crippen LogP contribution in [-0.2, 0) is 0 Å². The Labute approximate surface area is 196 Å². The second-order valence-electron chi connectivity index (χ2n) is 10.1. The second-order valence-corrected chi connectivity index (χ2v) is 10.1. The third-order valence-corrected chi connectivity index (χ3v) is 8.07. The van der Waals surface area contributed by atoms with Crippen LogP contribution in [0.1, 0.15) is 84.0 Å². The van der Waals surface area contributed by atoms with Crippen LogP contribution in [0.15, 0.2) is 88.7 Å². The second kappa shape index (κ2) is 11.1. The van der Waals surface area contributed by atoms with Crippen molar-refractivity contribution in [2.24, 2.45) is 22.7 Å². The quantitative estimate of drug-likeness (QED) is 0.325. The molecule has 170 valence electrons. The molecule has 1 heteroatoms. The van der Waals surface area contributed by atoms with Gasteiger partial charge in [0.2, 0.25) is 0 Å². The van der Waals surface area contributed by atoms with E-state index in [0.717, 1.165) is 30.9 Å². The van der Waals surface area contributed by atoms with Crippen LogP contribution in [0.2, 0.25) is 0 Å². The topological polar surface area (TPSA) is 12.4 Å². The van der Waals surface area contributed by atoms with Crippen molar-refractivity contribution in [3.05, 3.63) is 83.7 Å². The van der Waals surface area contributed by atoms with E-state index in [9.17, 15) is 0 Å². The lowest BCUT2D eigenvalue weighted by atomic mass is 9.78. The van der Waals surface area contributed by atoms with E-state index in [1.807, 2.05) is 0 Å². The van der Waals surface area contributed by atoms with Crippen LogP contribution in [-0.4, -0.2) is 5.71 Å². The lowest BCUT2D eigenvalue weighted by molar-refractivity contribution is 0.298. The van der Waals surface area contributed by atoms with Gasteiger partial charge in [0.05, 0.1) is 5.70 Å². The lowest BCUT2D eigenvalue weighted by Crippen LogP contribution is -2.18. The number of aliphatic imine (C=N–C) groups is 1. The summed E-state index contributed by atoms with van der Waals surface area (Å²) < 4.78 is 0. The molecule has 1 unspecified atom stereocenters. The van der Waals surface area contributed by atoms with Crippen molar-refractivity contribution in [2.75, 3.05) is 0 Å².